The van der Waals surface area contributed by atoms with E-state index < -0.39 is 10.0 Å². The van der Waals surface area contributed by atoms with Gasteiger partial charge in [-0.25, -0.2) is 8.42 Å². The van der Waals surface area contributed by atoms with E-state index in [1.165, 1.54) is 28.3 Å². The number of methoxy groups -OCH3 is 1. The van der Waals surface area contributed by atoms with Crippen LogP contribution in [0.5, 0.6) is 5.75 Å². The van der Waals surface area contributed by atoms with Gasteiger partial charge in [-0.15, -0.1) is 0 Å². The number of amides is 1. The molecule has 170 valence electrons. The molecule has 4 rings (SSSR count). The zero-order chi connectivity index (χ0) is 22.9. The normalized spacial score (nSPS) is 16.5. The highest BCUT2D eigenvalue weighted by molar-refractivity contribution is 7.89. The predicted octanol–water partition coefficient (Wildman–Crippen LogP) is 3.57. The summed E-state index contributed by atoms with van der Waals surface area (Å²) in [6, 6.07) is 12.6. The molecule has 9 heteroatoms. The fourth-order valence-corrected chi connectivity index (χ4v) is 6.66. The van der Waals surface area contributed by atoms with Crippen molar-refractivity contribution in [3.63, 3.8) is 0 Å². The van der Waals surface area contributed by atoms with Crippen LogP contribution in [0.4, 0.5) is 0 Å². The standard InChI is InChI=1S/C23H27N3O4S2/c1-4-26-20-10-5-16(2)15-21(20)31-23(26)24-22(27)17-11-13-25(14-12-17)32(28,29)19-8-6-18(30-3)7-9-19/h5-10,15,17H,4,11-14H2,1-3H3. The maximum atomic E-state index is 12.9. The van der Waals surface area contributed by atoms with Crippen LogP contribution in [0.25, 0.3) is 10.2 Å². The lowest BCUT2D eigenvalue weighted by Crippen LogP contribution is -2.40. The fourth-order valence-electron chi connectivity index (χ4n) is 4.00. The van der Waals surface area contributed by atoms with Crippen LogP contribution in [0.3, 0.4) is 0 Å². The van der Waals surface area contributed by atoms with Crippen LogP contribution in [0.1, 0.15) is 25.3 Å². The van der Waals surface area contributed by atoms with E-state index in [9.17, 15) is 13.2 Å². The van der Waals surface area contributed by atoms with Gasteiger partial charge in [0.25, 0.3) is 5.91 Å². The van der Waals surface area contributed by atoms with Crippen molar-refractivity contribution < 1.29 is 17.9 Å². The number of thiazole rings is 1. The van der Waals surface area contributed by atoms with E-state index in [2.05, 4.69) is 27.8 Å². The monoisotopic (exact) mass is 473 g/mol. The molecular formula is C23H27N3O4S2. The molecule has 1 aromatic heterocycles. The number of carbonyl (C=O) groups is 1. The Morgan fingerprint density at radius 1 is 1.16 bits per heavy atom. The number of benzene rings is 2. The molecule has 0 N–H and O–H groups in total. The zero-order valence-corrected chi connectivity index (χ0v) is 20.1. The molecule has 0 saturated carbocycles. The third kappa shape index (κ3) is 4.37. The topological polar surface area (TPSA) is 81.0 Å². The first-order valence-electron chi connectivity index (χ1n) is 10.7. The largest absolute Gasteiger partial charge is 0.497 e. The highest BCUT2D eigenvalue weighted by Gasteiger charge is 2.32. The first-order valence-corrected chi connectivity index (χ1v) is 12.9. The number of hydrogen-bond acceptors (Lipinski definition) is 5. The minimum absolute atomic E-state index is 0.169. The van der Waals surface area contributed by atoms with Crippen molar-refractivity contribution in [2.24, 2.45) is 10.9 Å². The molecule has 3 aromatic rings. The van der Waals surface area contributed by atoms with Crippen LogP contribution in [-0.4, -0.2) is 43.4 Å². The zero-order valence-electron chi connectivity index (χ0n) is 18.4. The number of rotatable bonds is 5. The minimum atomic E-state index is -3.59. The summed E-state index contributed by atoms with van der Waals surface area (Å²) in [7, 11) is -2.05. The van der Waals surface area contributed by atoms with Crippen molar-refractivity contribution in [1.82, 2.24) is 8.87 Å². The van der Waals surface area contributed by atoms with Gasteiger partial charge in [0.05, 0.1) is 22.2 Å². The molecule has 2 aromatic carbocycles. The number of nitrogens with zero attached hydrogens (tertiary/aromatic N) is 3. The minimum Gasteiger partial charge on any atom is -0.497 e. The summed E-state index contributed by atoms with van der Waals surface area (Å²) in [5.41, 5.74) is 2.25. The van der Waals surface area contributed by atoms with Crippen LogP contribution >= 0.6 is 11.3 Å². The lowest BCUT2D eigenvalue weighted by atomic mass is 9.98. The molecule has 0 radical (unpaired) electrons. The molecule has 32 heavy (non-hydrogen) atoms. The van der Waals surface area contributed by atoms with Gasteiger partial charge in [0.1, 0.15) is 5.75 Å². The first kappa shape index (κ1) is 22.7. The lowest BCUT2D eigenvalue weighted by molar-refractivity contribution is -0.122. The Balaban J connectivity index is 1.49. The summed E-state index contributed by atoms with van der Waals surface area (Å²) < 4.78 is 35.6. The second-order valence-electron chi connectivity index (χ2n) is 7.90. The molecule has 1 saturated heterocycles. The summed E-state index contributed by atoms with van der Waals surface area (Å²) in [6.07, 6.45) is 0.932. The van der Waals surface area contributed by atoms with E-state index in [1.807, 2.05) is 13.8 Å². The Hall–Kier alpha value is -2.49. The fraction of sp³-hybridized carbons (Fsp3) is 0.391. The van der Waals surface area contributed by atoms with Crippen LogP contribution in [-0.2, 0) is 21.4 Å². The van der Waals surface area contributed by atoms with Gasteiger partial charge in [-0.05, 0) is 68.7 Å². The highest BCUT2D eigenvalue weighted by atomic mass is 32.2. The molecule has 2 heterocycles. The second kappa shape index (κ2) is 9.17. The van der Waals surface area contributed by atoms with Crippen LogP contribution in [0.2, 0.25) is 0 Å². The molecule has 0 atom stereocenters. The van der Waals surface area contributed by atoms with Gasteiger partial charge in [0.15, 0.2) is 4.80 Å². The lowest BCUT2D eigenvalue weighted by Gasteiger charge is -2.29. The predicted molar refractivity (Wildman–Crippen MR) is 125 cm³/mol. The summed E-state index contributed by atoms with van der Waals surface area (Å²) >= 11 is 1.52. The van der Waals surface area contributed by atoms with E-state index in [0.29, 0.717) is 36.5 Å². The number of ether oxygens (including phenoxy) is 1. The molecule has 1 fully saturated rings. The SMILES string of the molecule is CCn1c(=NC(=O)C2CCN(S(=O)(=O)c3ccc(OC)cc3)CC2)sc2cc(C)ccc21. The van der Waals surface area contributed by atoms with Crippen LogP contribution in [0.15, 0.2) is 52.4 Å². The third-order valence-electron chi connectivity index (χ3n) is 5.86. The maximum absolute atomic E-state index is 12.9. The van der Waals surface area contributed by atoms with Crippen LogP contribution < -0.4 is 9.54 Å². The van der Waals surface area contributed by atoms with Crippen molar-refractivity contribution in [2.75, 3.05) is 20.2 Å². The Bertz CT molecular complexity index is 1300. The number of aryl methyl sites for hydroxylation is 2. The number of aromatic nitrogens is 1. The highest BCUT2D eigenvalue weighted by Crippen LogP contribution is 2.26. The molecule has 0 aliphatic carbocycles. The van der Waals surface area contributed by atoms with E-state index in [4.69, 9.17) is 4.74 Å². The van der Waals surface area contributed by atoms with E-state index >= 15 is 0 Å². The number of fused-ring (bicyclic) bond motifs is 1. The van der Waals surface area contributed by atoms with Gasteiger partial charge in [0.2, 0.25) is 10.0 Å². The van der Waals surface area contributed by atoms with Gasteiger partial charge >= 0.3 is 0 Å². The van der Waals surface area contributed by atoms with Crippen molar-refractivity contribution in [2.45, 2.75) is 38.1 Å². The van der Waals surface area contributed by atoms with Crippen molar-refractivity contribution >= 4 is 37.5 Å². The summed E-state index contributed by atoms with van der Waals surface area (Å²) in [6.45, 7) is 5.43. The van der Waals surface area contributed by atoms with E-state index in [0.717, 1.165) is 16.8 Å². The molecule has 0 spiro atoms. The molecule has 7 nitrogen and oxygen atoms in total. The van der Waals surface area contributed by atoms with Gasteiger partial charge in [0, 0.05) is 25.6 Å². The Kier molecular flexibility index (Phi) is 6.50. The summed E-state index contributed by atoms with van der Waals surface area (Å²) in [5, 5.41) is 0. The van der Waals surface area contributed by atoms with Gasteiger partial charge in [-0.1, -0.05) is 17.4 Å². The second-order valence-corrected chi connectivity index (χ2v) is 10.9. The number of piperidine rings is 1. The average molecular weight is 474 g/mol. The summed E-state index contributed by atoms with van der Waals surface area (Å²) in [4.78, 5) is 18.3. The first-order chi connectivity index (χ1) is 15.3. The quantitative estimate of drug-likeness (QED) is 0.567. The number of carbonyl (C=O) groups excluding carboxylic acids is 1. The Morgan fingerprint density at radius 3 is 2.47 bits per heavy atom. The molecular weight excluding hydrogens is 446 g/mol. The Labute approximate surface area is 192 Å². The van der Waals surface area contributed by atoms with Crippen molar-refractivity contribution in [1.29, 1.82) is 0 Å². The molecule has 1 amide bonds. The van der Waals surface area contributed by atoms with Gasteiger partial charge in [-0.3, -0.25) is 4.79 Å². The smallest absolute Gasteiger partial charge is 0.251 e. The van der Waals surface area contributed by atoms with Crippen molar-refractivity contribution in [3.8, 4) is 5.75 Å². The molecule has 1 aliphatic rings. The van der Waals surface area contributed by atoms with E-state index in [-0.39, 0.29) is 16.7 Å². The summed E-state index contributed by atoms with van der Waals surface area (Å²) in [5.74, 6) is 0.169. The molecule has 0 unspecified atom stereocenters. The van der Waals surface area contributed by atoms with Gasteiger partial charge in [-0.2, -0.15) is 9.30 Å². The van der Waals surface area contributed by atoms with Gasteiger partial charge < -0.3 is 9.30 Å². The molecule has 0 bridgehead atoms. The maximum Gasteiger partial charge on any atom is 0.251 e. The molecule has 1 aliphatic heterocycles. The van der Waals surface area contributed by atoms with Crippen LogP contribution in [0, 0.1) is 12.8 Å². The Morgan fingerprint density at radius 2 is 1.84 bits per heavy atom. The van der Waals surface area contributed by atoms with Crippen molar-refractivity contribution in [3.05, 3.63) is 52.8 Å². The number of hydrogen-bond donors (Lipinski definition) is 0. The average Bonchev–Trinajstić information content (AvgIpc) is 3.14. The third-order valence-corrected chi connectivity index (χ3v) is 8.81. The number of sulfonamides is 1. The van der Waals surface area contributed by atoms with E-state index in [1.54, 1.807) is 24.3 Å².